The number of nitrogen functional groups attached to an aromatic ring is 1. The highest BCUT2D eigenvalue weighted by molar-refractivity contribution is 7.21. The number of aromatic nitrogens is 3. The summed E-state index contributed by atoms with van der Waals surface area (Å²) in [6.07, 6.45) is 3.32. The number of hydrogen-bond acceptors (Lipinski definition) is 5. The molecule has 0 saturated carbocycles. The highest BCUT2D eigenvalue weighted by Gasteiger charge is 2.12. The van der Waals surface area contributed by atoms with Crippen LogP contribution >= 0.6 is 11.3 Å². The number of rotatable bonds is 1. The molecule has 0 aliphatic rings. The molecule has 0 atom stereocenters. The summed E-state index contributed by atoms with van der Waals surface area (Å²) < 4.78 is 0. The van der Waals surface area contributed by atoms with E-state index in [0.29, 0.717) is 5.65 Å². The van der Waals surface area contributed by atoms with Gasteiger partial charge < -0.3 is 5.73 Å². The molecule has 0 saturated heterocycles. The van der Waals surface area contributed by atoms with Gasteiger partial charge in [0.2, 0.25) is 0 Å². The van der Waals surface area contributed by atoms with Crippen LogP contribution in [0.1, 0.15) is 5.56 Å². The SMILES string of the molecule is Cc1cccc(N)c1-c1nc2nccnc2s1. The maximum atomic E-state index is 6.00. The third-order valence-electron chi connectivity index (χ3n) is 2.57. The van der Waals surface area contributed by atoms with E-state index >= 15 is 0 Å². The van der Waals surface area contributed by atoms with Crippen LogP contribution in [0.25, 0.3) is 21.0 Å². The first kappa shape index (κ1) is 10.2. The molecule has 3 rings (SSSR count). The topological polar surface area (TPSA) is 64.7 Å². The molecule has 0 aliphatic carbocycles. The van der Waals surface area contributed by atoms with Crippen molar-refractivity contribution in [2.24, 2.45) is 0 Å². The molecule has 2 N–H and O–H groups in total. The van der Waals surface area contributed by atoms with Crippen molar-refractivity contribution in [3.05, 3.63) is 36.2 Å². The Labute approximate surface area is 102 Å². The zero-order valence-electron chi connectivity index (χ0n) is 9.21. The lowest BCUT2D eigenvalue weighted by molar-refractivity contribution is 1.26. The summed E-state index contributed by atoms with van der Waals surface area (Å²) in [4.78, 5) is 13.7. The van der Waals surface area contributed by atoms with Crippen LogP contribution in [0.3, 0.4) is 0 Å². The van der Waals surface area contributed by atoms with E-state index in [1.54, 1.807) is 12.4 Å². The quantitative estimate of drug-likeness (QED) is 0.666. The molecule has 84 valence electrons. The first-order valence-corrected chi connectivity index (χ1v) is 6.00. The Kier molecular flexibility index (Phi) is 2.26. The predicted molar refractivity (Wildman–Crippen MR) is 69.8 cm³/mol. The molecule has 0 unspecified atom stereocenters. The number of nitrogens with zero attached hydrogens (tertiary/aromatic N) is 3. The second-order valence-electron chi connectivity index (χ2n) is 3.74. The van der Waals surface area contributed by atoms with Crippen LogP contribution in [0.4, 0.5) is 5.69 Å². The lowest BCUT2D eigenvalue weighted by atomic mass is 10.1. The van der Waals surface area contributed by atoms with Gasteiger partial charge in [0, 0.05) is 23.6 Å². The molecular weight excluding hydrogens is 232 g/mol. The fraction of sp³-hybridized carbons (Fsp3) is 0.0833. The highest BCUT2D eigenvalue weighted by atomic mass is 32.1. The van der Waals surface area contributed by atoms with Crippen LogP contribution in [0.2, 0.25) is 0 Å². The Morgan fingerprint density at radius 1 is 1.18 bits per heavy atom. The number of aryl methyl sites for hydroxylation is 1. The molecule has 0 aliphatic heterocycles. The lowest BCUT2D eigenvalue weighted by Gasteiger charge is -2.04. The molecule has 0 fully saturated rings. The minimum absolute atomic E-state index is 0.676. The molecule has 2 heterocycles. The van der Waals surface area contributed by atoms with Gasteiger partial charge in [0.15, 0.2) is 10.5 Å². The molecule has 0 spiro atoms. The number of nitrogens with two attached hydrogens (primary N) is 1. The fourth-order valence-electron chi connectivity index (χ4n) is 1.77. The van der Waals surface area contributed by atoms with Crippen LogP contribution in [-0.2, 0) is 0 Å². The number of thiazole rings is 1. The molecule has 1 aromatic carbocycles. The van der Waals surface area contributed by atoms with Crippen molar-refractivity contribution in [1.29, 1.82) is 0 Å². The molecule has 4 nitrogen and oxygen atoms in total. The predicted octanol–water partition coefficient (Wildman–Crippen LogP) is 2.64. The lowest BCUT2D eigenvalue weighted by Crippen LogP contribution is -1.92. The number of hydrogen-bond donors (Lipinski definition) is 1. The minimum Gasteiger partial charge on any atom is -0.398 e. The van der Waals surface area contributed by atoms with Crippen LogP contribution < -0.4 is 5.73 Å². The molecule has 0 bridgehead atoms. The van der Waals surface area contributed by atoms with E-state index < -0.39 is 0 Å². The summed E-state index contributed by atoms with van der Waals surface area (Å²) in [7, 11) is 0. The van der Waals surface area contributed by atoms with Crippen molar-refractivity contribution in [3.8, 4) is 10.6 Å². The second-order valence-corrected chi connectivity index (χ2v) is 4.72. The zero-order chi connectivity index (χ0) is 11.8. The largest absolute Gasteiger partial charge is 0.398 e. The smallest absolute Gasteiger partial charge is 0.190 e. The third-order valence-corrected chi connectivity index (χ3v) is 3.54. The maximum absolute atomic E-state index is 6.00. The van der Waals surface area contributed by atoms with Crippen molar-refractivity contribution in [2.75, 3.05) is 5.73 Å². The molecule has 0 radical (unpaired) electrons. The zero-order valence-corrected chi connectivity index (χ0v) is 10.0. The van der Waals surface area contributed by atoms with Crippen LogP contribution in [0.15, 0.2) is 30.6 Å². The van der Waals surface area contributed by atoms with Crippen LogP contribution in [0.5, 0.6) is 0 Å². The van der Waals surface area contributed by atoms with Crippen molar-refractivity contribution >= 4 is 27.5 Å². The van der Waals surface area contributed by atoms with E-state index in [-0.39, 0.29) is 0 Å². The average molecular weight is 242 g/mol. The Hall–Kier alpha value is -2.01. The Bertz CT molecular complexity index is 637. The van der Waals surface area contributed by atoms with Crippen molar-refractivity contribution in [3.63, 3.8) is 0 Å². The van der Waals surface area contributed by atoms with Gasteiger partial charge in [0.1, 0.15) is 5.01 Å². The molecule has 17 heavy (non-hydrogen) atoms. The number of benzene rings is 1. The maximum Gasteiger partial charge on any atom is 0.190 e. The van der Waals surface area contributed by atoms with Gasteiger partial charge in [-0.1, -0.05) is 23.5 Å². The normalized spacial score (nSPS) is 10.9. The van der Waals surface area contributed by atoms with Gasteiger partial charge in [-0.25, -0.2) is 15.0 Å². The summed E-state index contributed by atoms with van der Waals surface area (Å²) in [5.41, 5.74) is 9.52. The summed E-state index contributed by atoms with van der Waals surface area (Å²) in [6.45, 7) is 2.03. The highest BCUT2D eigenvalue weighted by Crippen LogP contribution is 2.33. The molecule has 2 aromatic heterocycles. The molecule has 3 aromatic rings. The van der Waals surface area contributed by atoms with E-state index in [4.69, 9.17) is 5.73 Å². The van der Waals surface area contributed by atoms with Gasteiger partial charge >= 0.3 is 0 Å². The Balaban J connectivity index is 2.27. The van der Waals surface area contributed by atoms with E-state index in [1.807, 2.05) is 25.1 Å². The first-order valence-electron chi connectivity index (χ1n) is 5.19. The second kappa shape index (κ2) is 3.78. The number of anilines is 1. The Morgan fingerprint density at radius 3 is 2.76 bits per heavy atom. The van der Waals surface area contributed by atoms with Gasteiger partial charge in [-0.15, -0.1) is 0 Å². The molecule has 0 amide bonds. The third kappa shape index (κ3) is 1.64. The van der Waals surface area contributed by atoms with E-state index in [0.717, 1.165) is 26.7 Å². The van der Waals surface area contributed by atoms with Gasteiger partial charge in [-0.3, -0.25) is 0 Å². The van der Waals surface area contributed by atoms with Crippen molar-refractivity contribution < 1.29 is 0 Å². The van der Waals surface area contributed by atoms with Gasteiger partial charge in [-0.2, -0.15) is 0 Å². The van der Waals surface area contributed by atoms with E-state index in [9.17, 15) is 0 Å². The van der Waals surface area contributed by atoms with Gasteiger partial charge in [0.25, 0.3) is 0 Å². The number of fused-ring (bicyclic) bond motifs is 1. The molecular formula is C12H10N4S. The first-order chi connectivity index (χ1) is 8.25. The van der Waals surface area contributed by atoms with Gasteiger partial charge in [-0.05, 0) is 18.6 Å². The average Bonchev–Trinajstić information content (AvgIpc) is 2.71. The Morgan fingerprint density at radius 2 is 2.00 bits per heavy atom. The van der Waals surface area contributed by atoms with Crippen LogP contribution in [0, 0.1) is 6.92 Å². The van der Waals surface area contributed by atoms with Crippen molar-refractivity contribution in [1.82, 2.24) is 15.0 Å². The molecule has 5 heteroatoms. The minimum atomic E-state index is 0.676. The fourth-order valence-corrected chi connectivity index (χ4v) is 2.77. The van der Waals surface area contributed by atoms with E-state index in [1.165, 1.54) is 11.3 Å². The van der Waals surface area contributed by atoms with Crippen LogP contribution in [-0.4, -0.2) is 15.0 Å². The summed E-state index contributed by atoms with van der Waals surface area (Å²) >= 11 is 1.51. The monoisotopic (exact) mass is 242 g/mol. The summed E-state index contributed by atoms with van der Waals surface area (Å²) in [5, 5.41) is 0.877. The van der Waals surface area contributed by atoms with Crippen molar-refractivity contribution in [2.45, 2.75) is 6.92 Å². The van der Waals surface area contributed by atoms with E-state index in [2.05, 4.69) is 15.0 Å². The summed E-state index contributed by atoms with van der Waals surface area (Å²) in [6, 6.07) is 5.85. The van der Waals surface area contributed by atoms with Gasteiger partial charge in [0.05, 0.1) is 0 Å². The summed E-state index contributed by atoms with van der Waals surface area (Å²) in [5.74, 6) is 0. The standard InChI is InChI=1S/C12H10N4S/c1-7-3-2-4-8(13)9(7)11-16-10-12(17-11)15-6-5-14-10/h2-6H,13H2,1H3.